The fraction of sp³-hybridized carbons (Fsp3) is 0.235. The summed E-state index contributed by atoms with van der Waals surface area (Å²) < 4.78 is 5.77. The molecule has 0 spiro atoms. The quantitative estimate of drug-likeness (QED) is 0.890. The van der Waals surface area contributed by atoms with Crippen LogP contribution in [0.4, 0.5) is 0 Å². The highest BCUT2D eigenvalue weighted by Crippen LogP contribution is 2.28. The molecule has 0 fully saturated rings. The van der Waals surface area contributed by atoms with Crippen molar-refractivity contribution < 1.29 is 14.6 Å². The molecule has 3 N–H and O–H groups in total. The minimum absolute atomic E-state index is 0.195. The maximum absolute atomic E-state index is 11.5. The summed E-state index contributed by atoms with van der Waals surface area (Å²) in [5.41, 5.74) is 5.47. The van der Waals surface area contributed by atoms with Gasteiger partial charge in [0.25, 0.3) is 5.91 Å². The predicted octanol–water partition coefficient (Wildman–Crippen LogP) is 2.92. The fourth-order valence-electron chi connectivity index (χ4n) is 2.13. The summed E-state index contributed by atoms with van der Waals surface area (Å²) in [7, 11) is 0. The van der Waals surface area contributed by atoms with Gasteiger partial charge in [-0.25, -0.2) is 0 Å². The number of benzene rings is 2. The first-order valence-electron chi connectivity index (χ1n) is 6.82. The second kappa shape index (κ2) is 6.38. The molecule has 1 unspecified atom stereocenters. The van der Waals surface area contributed by atoms with Crippen LogP contribution < -0.4 is 10.5 Å². The van der Waals surface area contributed by atoms with Gasteiger partial charge in [0.15, 0.2) is 5.60 Å². The van der Waals surface area contributed by atoms with Gasteiger partial charge in [0.1, 0.15) is 12.4 Å². The van der Waals surface area contributed by atoms with Crippen LogP contribution in [0.2, 0.25) is 5.02 Å². The largest absolute Gasteiger partial charge is 0.489 e. The molecule has 2 rings (SSSR count). The topological polar surface area (TPSA) is 72.6 Å². The fourth-order valence-corrected chi connectivity index (χ4v) is 2.31. The number of carbonyl (C=O) groups is 1. The molecule has 0 aliphatic heterocycles. The van der Waals surface area contributed by atoms with Gasteiger partial charge in [-0.3, -0.25) is 4.79 Å². The van der Waals surface area contributed by atoms with Gasteiger partial charge in [-0.05, 0) is 43.2 Å². The van der Waals surface area contributed by atoms with E-state index in [-0.39, 0.29) is 6.61 Å². The number of carbonyl (C=O) groups excluding carboxylic acids is 1. The Morgan fingerprint density at radius 2 is 2.00 bits per heavy atom. The van der Waals surface area contributed by atoms with E-state index in [0.29, 0.717) is 16.1 Å². The van der Waals surface area contributed by atoms with Crippen LogP contribution in [0.3, 0.4) is 0 Å². The molecule has 0 aliphatic carbocycles. The molecule has 0 saturated heterocycles. The molecule has 4 nitrogen and oxygen atoms in total. The van der Waals surface area contributed by atoms with Crippen LogP contribution in [-0.2, 0) is 17.0 Å². The smallest absolute Gasteiger partial charge is 0.253 e. The van der Waals surface area contributed by atoms with Gasteiger partial charge in [-0.2, -0.15) is 0 Å². The number of rotatable bonds is 5. The van der Waals surface area contributed by atoms with E-state index in [0.717, 1.165) is 11.3 Å². The van der Waals surface area contributed by atoms with Crippen molar-refractivity contribution in [3.8, 4) is 5.75 Å². The monoisotopic (exact) mass is 319 g/mol. The van der Waals surface area contributed by atoms with E-state index in [1.165, 1.54) is 13.0 Å². The third-order valence-electron chi connectivity index (χ3n) is 3.55. The Hall–Kier alpha value is -2.04. The van der Waals surface area contributed by atoms with E-state index in [1.54, 1.807) is 12.1 Å². The van der Waals surface area contributed by atoms with Crippen LogP contribution >= 0.6 is 11.6 Å². The summed E-state index contributed by atoms with van der Waals surface area (Å²) in [6.07, 6.45) is 0. The van der Waals surface area contributed by atoms with Crippen LogP contribution in [0.1, 0.15) is 23.6 Å². The highest BCUT2D eigenvalue weighted by molar-refractivity contribution is 6.30. The lowest BCUT2D eigenvalue weighted by molar-refractivity contribution is -0.135. The van der Waals surface area contributed by atoms with Gasteiger partial charge < -0.3 is 15.6 Å². The number of amides is 1. The minimum Gasteiger partial charge on any atom is -0.489 e. The molecular formula is C17H18ClNO3. The zero-order valence-electron chi connectivity index (χ0n) is 12.5. The average molecular weight is 320 g/mol. The van der Waals surface area contributed by atoms with Crippen molar-refractivity contribution >= 4 is 17.5 Å². The third-order valence-corrected chi connectivity index (χ3v) is 3.79. The summed E-state index contributed by atoms with van der Waals surface area (Å²) in [4.78, 5) is 11.5. The lowest BCUT2D eigenvalue weighted by Gasteiger charge is -2.23. The number of aliphatic hydroxyl groups is 1. The number of nitrogens with two attached hydrogens (primary N) is 1. The minimum atomic E-state index is -1.81. The average Bonchev–Trinajstić information content (AvgIpc) is 2.47. The Kier molecular flexibility index (Phi) is 4.74. The van der Waals surface area contributed by atoms with Crippen molar-refractivity contribution in [1.82, 2.24) is 0 Å². The van der Waals surface area contributed by atoms with Crippen LogP contribution in [0.25, 0.3) is 0 Å². The lowest BCUT2D eigenvalue weighted by atomic mass is 9.91. The molecule has 1 amide bonds. The molecular weight excluding hydrogens is 302 g/mol. The van der Waals surface area contributed by atoms with Crippen LogP contribution in [0.15, 0.2) is 42.5 Å². The molecule has 1 atom stereocenters. The molecule has 0 aromatic heterocycles. The third kappa shape index (κ3) is 3.40. The van der Waals surface area contributed by atoms with Crippen molar-refractivity contribution in [3.63, 3.8) is 0 Å². The molecule has 0 heterocycles. The second-order valence-electron chi connectivity index (χ2n) is 5.29. The van der Waals surface area contributed by atoms with Crippen LogP contribution in [0.5, 0.6) is 5.75 Å². The SMILES string of the molecule is Cc1ccccc1OCc1ccc(Cl)cc1C(C)(O)C(N)=O. The molecule has 2 aromatic rings. The Labute approximate surface area is 134 Å². The molecule has 22 heavy (non-hydrogen) atoms. The highest BCUT2D eigenvalue weighted by Gasteiger charge is 2.32. The van der Waals surface area contributed by atoms with Crippen molar-refractivity contribution in [2.75, 3.05) is 0 Å². The summed E-state index contributed by atoms with van der Waals surface area (Å²) in [5.74, 6) is -0.103. The summed E-state index contributed by atoms with van der Waals surface area (Å²) in [6, 6.07) is 12.5. The molecule has 116 valence electrons. The van der Waals surface area contributed by atoms with Gasteiger partial charge in [-0.15, -0.1) is 0 Å². The van der Waals surface area contributed by atoms with E-state index in [4.69, 9.17) is 22.1 Å². The Morgan fingerprint density at radius 1 is 1.32 bits per heavy atom. The first-order valence-corrected chi connectivity index (χ1v) is 7.20. The van der Waals surface area contributed by atoms with Crippen molar-refractivity contribution in [1.29, 1.82) is 0 Å². The van der Waals surface area contributed by atoms with E-state index in [2.05, 4.69) is 0 Å². The number of hydrogen-bond acceptors (Lipinski definition) is 3. The number of hydrogen-bond donors (Lipinski definition) is 2. The van der Waals surface area contributed by atoms with Gasteiger partial charge in [0.05, 0.1) is 0 Å². The standard InChI is InChI=1S/C17H18ClNO3/c1-11-5-3-4-6-15(11)22-10-12-7-8-13(18)9-14(12)17(2,21)16(19)20/h3-9,21H,10H2,1-2H3,(H2,19,20). The van der Waals surface area contributed by atoms with Crippen molar-refractivity contribution in [2.45, 2.75) is 26.1 Å². The Bertz CT molecular complexity index is 698. The second-order valence-corrected chi connectivity index (χ2v) is 5.73. The first kappa shape index (κ1) is 16.3. The Morgan fingerprint density at radius 3 is 2.64 bits per heavy atom. The maximum Gasteiger partial charge on any atom is 0.253 e. The maximum atomic E-state index is 11.5. The number of ether oxygens (including phenoxy) is 1. The van der Waals surface area contributed by atoms with Gasteiger partial charge >= 0.3 is 0 Å². The zero-order valence-corrected chi connectivity index (χ0v) is 13.2. The normalized spacial score (nSPS) is 13.5. The van der Waals surface area contributed by atoms with Crippen LogP contribution in [0, 0.1) is 6.92 Å². The first-order chi connectivity index (χ1) is 10.3. The number of primary amides is 1. The summed E-state index contributed by atoms with van der Waals surface area (Å²) >= 11 is 5.97. The molecule has 2 aromatic carbocycles. The van der Waals surface area contributed by atoms with E-state index in [1.807, 2.05) is 31.2 Å². The van der Waals surface area contributed by atoms with E-state index in [9.17, 15) is 9.90 Å². The van der Waals surface area contributed by atoms with Crippen LogP contribution in [-0.4, -0.2) is 11.0 Å². The predicted molar refractivity (Wildman–Crippen MR) is 85.7 cm³/mol. The van der Waals surface area contributed by atoms with Gasteiger partial charge in [-0.1, -0.05) is 35.9 Å². The summed E-state index contributed by atoms with van der Waals surface area (Å²) in [6.45, 7) is 3.48. The van der Waals surface area contributed by atoms with Gasteiger partial charge in [0.2, 0.25) is 0 Å². The molecule has 0 radical (unpaired) electrons. The summed E-state index contributed by atoms with van der Waals surface area (Å²) in [5, 5.41) is 10.7. The van der Waals surface area contributed by atoms with Crippen molar-refractivity contribution in [2.24, 2.45) is 5.73 Å². The number of para-hydroxylation sites is 1. The Balaban J connectivity index is 2.32. The van der Waals surface area contributed by atoms with E-state index >= 15 is 0 Å². The van der Waals surface area contributed by atoms with Crippen molar-refractivity contribution in [3.05, 3.63) is 64.2 Å². The number of halogens is 1. The molecule has 5 heteroatoms. The zero-order chi connectivity index (χ0) is 16.3. The van der Waals surface area contributed by atoms with E-state index < -0.39 is 11.5 Å². The molecule has 0 aliphatic rings. The molecule has 0 bridgehead atoms. The highest BCUT2D eigenvalue weighted by atomic mass is 35.5. The molecule has 0 saturated carbocycles. The lowest BCUT2D eigenvalue weighted by Crippen LogP contribution is -2.39. The van der Waals surface area contributed by atoms with Gasteiger partial charge in [0, 0.05) is 10.6 Å². The number of aryl methyl sites for hydroxylation is 1.